The molecule has 0 saturated heterocycles. The first-order valence-corrected chi connectivity index (χ1v) is 4.99. The number of rotatable bonds is 5. The van der Waals surface area contributed by atoms with Crippen LogP contribution in [0.5, 0.6) is 0 Å². The summed E-state index contributed by atoms with van der Waals surface area (Å²) in [6, 6.07) is 10.1. The molecule has 1 aromatic carbocycles. The van der Waals surface area contributed by atoms with Crippen molar-refractivity contribution in [2.75, 3.05) is 6.54 Å². The van der Waals surface area contributed by atoms with Gasteiger partial charge in [0.15, 0.2) is 0 Å². The topological polar surface area (TPSA) is 78.1 Å². The largest absolute Gasteiger partial charge is 0.330 e. The van der Waals surface area contributed by atoms with Gasteiger partial charge in [0, 0.05) is 12.1 Å². The van der Waals surface area contributed by atoms with E-state index in [0.717, 1.165) is 12.8 Å². The molecule has 6 N–H and O–H groups in total. The molecule has 1 aromatic rings. The van der Waals surface area contributed by atoms with Gasteiger partial charge in [-0.05, 0) is 24.9 Å². The summed E-state index contributed by atoms with van der Waals surface area (Å²) in [6.45, 7) is 0.601. The molecule has 2 atom stereocenters. The molecule has 0 aliphatic heterocycles. The van der Waals surface area contributed by atoms with E-state index < -0.39 is 0 Å². The van der Waals surface area contributed by atoms with Crippen LogP contribution in [0.15, 0.2) is 30.3 Å². The van der Waals surface area contributed by atoms with Crippen LogP contribution in [0.3, 0.4) is 0 Å². The van der Waals surface area contributed by atoms with Crippen molar-refractivity contribution in [3.8, 4) is 0 Å². The molecule has 0 aromatic heterocycles. The van der Waals surface area contributed by atoms with Crippen LogP contribution in [0.4, 0.5) is 0 Å². The van der Waals surface area contributed by atoms with Crippen LogP contribution in [-0.4, -0.2) is 18.6 Å². The first-order valence-electron chi connectivity index (χ1n) is 4.99. The van der Waals surface area contributed by atoms with Crippen LogP contribution < -0.4 is 17.2 Å². The van der Waals surface area contributed by atoms with Gasteiger partial charge >= 0.3 is 0 Å². The monoisotopic (exact) mass is 193 g/mol. The Morgan fingerprint density at radius 1 is 1.00 bits per heavy atom. The van der Waals surface area contributed by atoms with Crippen molar-refractivity contribution in [1.29, 1.82) is 0 Å². The molecule has 0 aliphatic rings. The Balaban J connectivity index is 2.44. The third-order valence-electron chi connectivity index (χ3n) is 2.36. The molecule has 0 fully saturated rings. The predicted molar refractivity (Wildman–Crippen MR) is 59.8 cm³/mol. The Hall–Kier alpha value is -0.900. The van der Waals surface area contributed by atoms with Gasteiger partial charge in [-0.25, -0.2) is 0 Å². The summed E-state index contributed by atoms with van der Waals surface area (Å²) in [5.74, 6) is 0. The van der Waals surface area contributed by atoms with Crippen molar-refractivity contribution in [2.45, 2.75) is 24.9 Å². The maximum Gasteiger partial charge on any atom is 0.0233 e. The van der Waals surface area contributed by atoms with Crippen LogP contribution in [0, 0.1) is 0 Å². The maximum absolute atomic E-state index is 5.95. The molecular weight excluding hydrogens is 174 g/mol. The van der Waals surface area contributed by atoms with Crippen LogP contribution >= 0.6 is 0 Å². The second-order valence-electron chi connectivity index (χ2n) is 3.59. The van der Waals surface area contributed by atoms with Gasteiger partial charge in [-0.15, -0.1) is 0 Å². The molecule has 3 nitrogen and oxygen atoms in total. The molecule has 14 heavy (non-hydrogen) atoms. The Morgan fingerprint density at radius 3 is 2.21 bits per heavy atom. The predicted octanol–water partition coefficient (Wildman–Crippen LogP) is 0.233. The Morgan fingerprint density at radius 2 is 1.64 bits per heavy atom. The lowest BCUT2D eigenvalue weighted by Gasteiger charge is -2.19. The third-order valence-corrected chi connectivity index (χ3v) is 2.36. The quantitative estimate of drug-likeness (QED) is 0.626. The van der Waals surface area contributed by atoms with Gasteiger partial charge in [0.05, 0.1) is 0 Å². The highest BCUT2D eigenvalue weighted by Crippen LogP contribution is 2.04. The fraction of sp³-hybridized carbons (Fsp3) is 0.455. The average molecular weight is 193 g/mol. The number of nitrogens with two attached hydrogens (primary N) is 3. The van der Waals surface area contributed by atoms with Crippen molar-refractivity contribution in [2.24, 2.45) is 17.2 Å². The van der Waals surface area contributed by atoms with Crippen LogP contribution in [0.25, 0.3) is 0 Å². The molecule has 0 spiro atoms. The standard InChI is InChI=1S/C11H19N3/c12-7-6-10(13)11(14)8-9-4-2-1-3-5-9/h1-5,10-11H,6-8,12-14H2/t10-,11+/m0/s1. The molecule has 78 valence electrons. The summed E-state index contributed by atoms with van der Waals surface area (Å²) in [5.41, 5.74) is 18.5. The van der Waals surface area contributed by atoms with Gasteiger partial charge in [-0.2, -0.15) is 0 Å². The number of hydrogen-bond donors (Lipinski definition) is 3. The van der Waals surface area contributed by atoms with E-state index in [1.807, 2.05) is 18.2 Å². The Kier molecular flexibility index (Phi) is 4.59. The third kappa shape index (κ3) is 3.46. The second kappa shape index (κ2) is 5.75. The lowest BCUT2D eigenvalue weighted by Crippen LogP contribution is -2.44. The number of hydrogen-bond acceptors (Lipinski definition) is 3. The Bertz CT molecular complexity index is 248. The van der Waals surface area contributed by atoms with E-state index >= 15 is 0 Å². The second-order valence-corrected chi connectivity index (χ2v) is 3.59. The summed E-state index contributed by atoms with van der Waals surface area (Å²) in [7, 11) is 0. The lowest BCUT2D eigenvalue weighted by atomic mass is 9.99. The minimum Gasteiger partial charge on any atom is -0.330 e. The first kappa shape index (κ1) is 11.2. The maximum atomic E-state index is 5.95. The minimum absolute atomic E-state index is 0.000191. The fourth-order valence-electron chi connectivity index (χ4n) is 1.44. The highest BCUT2D eigenvalue weighted by Gasteiger charge is 2.12. The molecule has 0 heterocycles. The van der Waals surface area contributed by atoms with E-state index in [1.165, 1.54) is 5.56 Å². The van der Waals surface area contributed by atoms with E-state index in [2.05, 4.69) is 12.1 Å². The van der Waals surface area contributed by atoms with Crippen molar-refractivity contribution >= 4 is 0 Å². The van der Waals surface area contributed by atoms with Gasteiger partial charge < -0.3 is 17.2 Å². The molecule has 0 saturated carbocycles. The van der Waals surface area contributed by atoms with E-state index in [1.54, 1.807) is 0 Å². The number of benzene rings is 1. The average Bonchev–Trinajstić information content (AvgIpc) is 2.19. The van der Waals surface area contributed by atoms with E-state index in [0.29, 0.717) is 6.54 Å². The molecule has 0 aliphatic carbocycles. The van der Waals surface area contributed by atoms with Gasteiger partial charge in [0.1, 0.15) is 0 Å². The fourth-order valence-corrected chi connectivity index (χ4v) is 1.44. The SMILES string of the molecule is NCC[C@H](N)[C@H](N)Cc1ccccc1. The zero-order valence-corrected chi connectivity index (χ0v) is 8.39. The minimum atomic E-state index is 0.000191. The van der Waals surface area contributed by atoms with Crippen LogP contribution in [-0.2, 0) is 6.42 Å². The van der Waals surface area contributed by atoms with Gasteiger partial charge in [0.25, 0.3) is 0 Å². The van der Waals surface area contributed by atoms with Gasteiger partial charge in [-0.1, -0.05) is 30.3 Å². The summed E-state index contributed by atoms with van der Waals surface area (Å²) in [6.07, 6.45) is 1.61. The highest BCUT2D eigenvalue weighted by molar-refractivity contribution is 5.16. The van der Waals surface area contributed by atoms with Crippen LogP contribution in [0.2, 0.25) is 0 Å². The first-order chi connectivity index (χ1) is 6.74. The zero-order chi connectivity index (χ0) is 10.4. The lowest BCUT2D eigenvalue weighted by molar-refractivity contribution is 0.497. The molecule has 0 bridgehead atoms. The van der Waals surface area contributed by atoms with Crippen LogP contribution in [0.1, 0.15) is 12.0 Å². The summed E-state index contributed by atoms with van der Waals surface area (Å²) in [4.78, 5) is 0. The Labute approximate surface area is 85.3 Å². The normalized spacial score (nSPS) is 15.1. The van der Waals surface area contributed by atoms with E-state index in [9.17, 15) is 0 Å². The molecule has 0 radical (unpaired) electrons. The van der Waals surface area contributed by atoms with Gasteiger partial charge in [-0.3, -0.25) is 0 Å². The van der Waals surface area contributed by atoms with Crippen molar-refractivity contribution in [3.05, 3.63) is 35.9 Å². The molecule has 1 rings (SSSR count). The molecule has 0 unspecified atom stereocenters. The van der Waals surface area contributed by atoms with Crippen molar-refractivity contribution < 1.29 is 0 Å². The van der Waals surface area contributed by atoms with Crippen molar-refractivity contribution in [3.63, 3.8) is 0 Å². The van der Waals surface area contributed by atoms with Crippen molar-refractivity contribution in [1.82, 2.24) is 0 Å². The summed E-state index contributed by atoms with van der Waals surface area (Å²) in [5, 5.41) is 0. The molecule has 3 heteroatoms. The smallest absolute Gasteiger partial charge is 0.0233 e. The van der Waals surface area contributed by atoms with Gasteiger partial charge in [0.2, 0.25) is 0 Å². The molecular formula is C11H19N3. The summed E-state index contributed by atoms with van der Waals surface area (Å²) < 4.78 is 0. The van der Waals surface area contributed by atoms with E-state index in [4.69, 9.17) is 17.2 Å². The van der Waals surface area contributed by atoms with E-state index in [-0.39, 0.29) is 12.1 Å². The zero-order valence-electron chi connectivity index (χ0n) is 8.39. The summed E-state index contributed by atoms with van der Waals surface area (Å²) >= 11 is 0. The molecule has 0 amide bonds. The highest BCUT2D eigenvalue weighted by atomic mass is 14.8.